The van der Waals surface area contributed by atoms with Crippen LogP contribution in [0.1, 0.15) is 24.0 Å². The molecule has 1 aliphatic rings. The van der Waals surface area contributed by atoms with Gasteiger partial charge in [-0.1, -0.05) is 6.07 Å². The van der Waals surface area contributed by atoms with Crippen molar-refractivity contribution in [2.75, 3.05) is 0 Å². The van der Waals surface area contributed by atoms with Crippen LogP contribution in [0.5, 0.6) is 0 Å². The molecule has 0 aliphatic heterocycles. The van der Waals surface area contributed by atoms with E-state index in [1.807, 2.05) is 6.07 Å². The number of hydrogen-bond acceptors (Lipinski definition) is 2. The van der Waals surface area contributed by atoms with Crippen molar-refractivity contribution < 1.29 is 4.42 Å². The van der Waals surface area contributed by atoms with Crippen molar-refractivity contribution >= 4 is 11.1 Å². The number of rotatable bonds is 0. The normalized spacial score (nSPS) is 16.0. The van der Waals surface area contributed by atoms with Crippen molar-refractivity contribution in [3.05, 3.63) is 29.7 Å². The summed E-state index contributed by atoms with van der Waals surface area (Å²) < 4.78 is 5.27. The summed E-state index contributed by atoms with van der Waals surface area (Å²) in [6, 6.07) is 4.22. The monoisotopic (exact) mass is 173 g/mol. The molecule has 0 fully saturated rings. The van der Waals surface area contributed by atoms with Crippen molar-refractivity contribution in [2.45, 2.75) is 25.7 Å². The Morgan fingerprint density at radius 2 is 2.08 bits per heavy atom. The molecule has 0 N–H and O–H groups in total. The van der Waals surface area contributed by atoms with Crippen LogP contribution in [0.15, 0.2) is 22.9 Å². The molecule has 2 aromatic rings. The molecule has 0 atom stereocenters. The predicted octanol–water partition coefficient (Wildman–Crippen LogP) is 2.71. The highest BCUT2D eigenvalue weighted by molar-refractivity contribution is 5.77. The Morgan fingerprint density at radius 3 is 3.08 bits per heavy atom. The molecule has 0 radical (unpaired) electrons. The van der Waals surface area contributed by atoms with E-state index in [9.17, 15) is 0 Å². The van der Waals surface area contributed by atoms with Gasteiger partial charge in [-0.15, -0.1) is 0 Å². The average Bonchev–Trinajstić information content (AvgIpc) is 2.65. The van der Waals surface area contributed by atoms with Crippen LogP contribution in [0.2, 0.25) is 0 Å². The first kappa shape index (κ1) is 7.13. The molecule has 0 saturated heterocycles. The van der Waals surface area contributed by atoms with Gasteiger partial charge in [0.05, 0.1) is 0 Å². The summed E-state index contributed by atoms with van der Waals surface area (Å²) in [7, 11) is 0. The second kappa shape index (κ2) is 2.59. The quantitative estimate of drug-likeness (QED) is 0.612. The third kappa shape index (κ3) is 0.981. The molecule has 2 nitrogen and oxygen atoms in total. The Kier molecular flexibility index (Phi) is 1.42. The molecule has 0 unspecified atom stereocenters. The minimum atomic E-state index is 0.931. The Bertz CT molecular complexity index is 444. The molecule has 2 heteroatoms. The van der Waals surface area contributed by atoms with E-state index in [-0.39, 0.29) is 0 Å². The fourth-order valence-electron chi connectivity index (χ4n) is 2.16. The van der Waals surface area contributed by atoms with E-state index < -0.39 is 0 Å². The van der Waals surface area contributed by atoms with E-state index in [1.165, 1.54) is 36.8 Å². The maximum Gasteiger partial charge on any atom is 0.181 e. The van der Waals surface area contributed by atoms with Crippen molar-refractivity contribution in [1.29, 1.82) is 0 Å². The van der Waals surface area contributed by atoms with E-state index in [0.29, 0.717) is 0 Å². The lowest BCUT2D eigenvalue weighted by Gasteiger charge is -2.14. The van der Waals surface area contributed by atoms with E-state index in [4.69, 9.17) is 4.42 Å². The van der Waals surface area contributed by atoms with Gasteiger partial charge in [-0.05, 0) is 42.9 Å². The number of aromatic nitrogens is 1. The summed E-state index contributed by atoms with van der Waals surface area (Å²) >= 11 is 0. The molecular weight excluding hydrogens is 162 g/mol. The second-order valence-corrected chi connectivity index (χ2v) is 3.61. The van der Waals surface area contributed by atoms with Gasteiger partial charge < -0.3 is 4.42 Å². The summed E-state index contributed by atoms with van der Waals surface area (Å²) in [6.45, 7) is 0. The smallest absolute Gasteiger partial charge is 0.181 e. The number of oxazole rings is 1. The van der Waals surface area contributed by atoms with Gasteiger partial charge in [-0.2, -0.15) is 0 Å². The molecule has 0 amide bonds. The largest absolute Gasteiger partial charge is 0.443 e. The van der Waals surface area contributed by atoms with Crippen molar-refractivity contribution in [3.63, 3.8) is 0 Å². The summed E-state index contributed by atoms with van der Waals surface area (Å²) in [5, 5.41) is 0. The molecule has 1 aromatic heterocycles. The zero-order valence-corrected chi connectivity index (χ0v) is 7.42. The topological polar surface area (TPSA) is 26.0 Å². The number of hydrogen-bond donors (Lipinski definition) is 0. The zero-order chi connectivity index (χ0) is 8.67. The third-order valence-electron chi connectivity index (χ3n) is 2.83. The van der Waals surface area contributed by atoms with Crippen LogP contribution in [-0.4, -0.2) is 4.98 Å². The van der Waals surface area contributed by atoms with Crippen molar-refractivity contribution in [3.8, 4) is 0 Å². The lowest BCUT2D eigenvalue weighted by atomic mass is 9.91. The number of benzene rings is 1. The maximum atomic E-state index is 5.27. The van der Waals surface area contributed by atoms with Crippen molar-refractivity contribution in [2.24, 2.45) is 0 Å². The first-order chi connectivity index (χ1) is 6.45. The zero-order valence-electron chi connectivity index (χ0n) is 7.42. The summed E-state index contributed by atoms with van der Waals surface area (Å²) in [5.74, 6) is 0. The van der Waals surface area contributed by atoms with E-state index in [1.54, 1.807) is 6.39 Å². The van der Waals surface area contributed by atoms with Crippen molar-refractivity contribution in [1.82, 2.24) is 4.98 Å². The minimum Gasteiger partial charge on any atom is -0.443 e. The average molecular weight is 173 g/mol. The van der Waals surface area contributed by atoms with Gasteiger partial charge in [0.2, 0.25) is 0 Å². The molecular formula is C11H11NO. The Morgan fingerprint density at radius 1 is 1.15 bits per heavy atom. The van der Waals surface area contributed by atoms with Crippen LogP contribution in [0.4, 0.5) is 0 Å². The predicted molar refractivity (Wildman–Crippen MR) is 50.7 cm³/mol. The van der Waals surface area contributed by atoms with Crippen LogP contribution in [0.3, 0.4) is 0 Å². The molecule has 0 saturated carbocycles. The van der Waals surface area contributed by atoms with Crippen LogP contribution >= 0.6 is 0 Å². The van der Waals surface area contributed by atoms with Gasteiger partial charge in [-0.25, -0.2) is 4.98 Å². The van der Waals surface area contributed by atoms with Crippen LogP contribution in [-0.2, 0) is 12.8 Å². The molecule has 1 heterocycles. The van der Waals surface area contributed by atoms with Gasteiger partial charge in [-0.3, -0.25) is 0 Å². The van der Waals surface area contributed by atoms with Gasteiger partial charge >= 0.3 is 0 Å². The highest BCUT2D eigenvalue weighted by Gasteiger charge is 2.13. The summed E-state index contributed by atoms with van der Waals surface area (Å²) in [6.07, 6.45) is 6.52. The number of nitrogens with zero attached hydrogens (tertiary/aromatic N) is 1. The summed E-state index contributed by atoms with van der Waals surface area (Å²) in [5.41, 5.74) is 4.89. The fraction of sp³-hybridized carbons (Fsp3) is 0.364. The standard InChI is InChI=1S/C11H11NO/c1-2-4-9-8(3-1)5-6-10-11(9)12-7-13-10/h5-7H,1-4H2. The first-order valence-corrected chi connectivity index (χ1v) is 4.79. The molecule has 66 valence electrons. The second-order valence-electron chi connectivity index (χ2n) is 3.61. The van der Waals surface area contributed by atoms with Crippen LogP contribution < -0.4 is 0 Å². The molecule has 1 aliphatic carbocycles. The van der Waals surface area contributed by atoms with Crippen LogP contribution in [0, 0.1) is 0 Å². The Balaban J connectivity index is 2.34. The van der Waals surface area contributed by atoms with Gasteiger partial charge in [0, 0.05) is 0 Å². The Labute approximate surface area is 76.6 Å². The molecule has 0 bridgehead atoms. The lowest BCUT2D eigenvalue weighted by molar-refractivity contribution is 0.601. The SMILES string of the molecule is c1nc2c3c(ccc2o1)CCCC3. The molecule has 1 aromatic carbocycles. The molecule has 0 spiro atoms. The third-order valence-corrected chi connectivity index (χ3v) is 2.83. The maximum absolute atomic E-state index is 5.27. The number of fused-ring (bicyclic) bond motifs is 3. The summed E-state index contributed by atoms with van der Waals surface area (Å²) in [4.78, 5) is 4.27. The van der Waals surface area contributed by atoms with E-state index in [2.05, 4.69) is 11.1 Å². The fourth-order valence-corrected chi connectivity index (χ4v) is 2.16. The van der Waals surface area contributed by atoms with Gasteiger partial charge in [0.15, 0.2) is 12.0 Å². The Hall–Kier alpha value is -1.31. The lowest BCUT2D eigenvalue weighted by Crippen LogP contribution is -2.02. The first-order valence-electron chi connectivity index (χ1n) is 4.79. The minimum absolute atomic E-state index is 0.931. The highest BCUT2D eigenvalue weighted by atomic mass is 16.3. The number of aryl methyl sites for hydroxylation is 2. The highest BCUT2D eigenvalue weighted by Crippen LogP contribution is 2.27. The molecule has 13 heavy (non-hydrogen) atoms. The van der Waals surface area contributed by atoms with Crippen LogP contribution in [0.25, 0.3) is 11.1 Å². The van der Waals surface area contributed by atoms with E-state index in [0.717, 1.165) is 11.1 Å². The van der Waals surface area contributed by atoms with Gasteiger partial charge in [0.1, 0.15) is 5.52 Å². The van der Waals surface area contributed by atoms with Gasteiger partial charge in [0.25, 0.3) is 0 Å². The molecule has 3 rings (SSSR count). The van der Waals surface area contributed by atoms with E-state index >= 15 is 0 Å².